The van der Waals surface area contributed by atoms with Gasteiger partial charge in [0.15, 0.2) is 0 Å². The second kappa shape index (κ2) is 9.23. The molecule has 1 rings (SSSR count). The molecule has 0 heterocycles. The van der Waals surface area contributed by atoms with Crippen molar-refractivity contribution in [2.24, 2.45) is 11.7 Å². The van der Waals surface area contributed by atoms with Crippen LogP contribution in [-0.2, 0) is 4.79 Å². The third kappa shape index (κ3) is 6.49. The smallest absolute Gasteiger partial charge is 0.222 e. The Morgan fingerprint density at radius 2 is 1.90 bits per heavy atom. The largest absolute Gasteiger partial charge is 0.497 e. The highest BCUT2D eigenvalue weighted by molar-refractivity contribution is 5.75. The van der Waals surface area contributed by atoms with Crippen LogP contribution in [0, 0.1) is 5.92 Å². The van der Waals surface area contributed by atoms with Gasteiger partial charge in [-0.25, -0.2) is 0 Å². The van der Waals surface area contributed by atoms with E-state index in [4.69, 9.17) is 15.2 Å². The predicted octanol–water partition coefficient (Wildman–Crippen LogP) is 1.91. The third-order valence-electron chi connectivity index (χ3n) is 3.43. The molecule has 0 radical (unpaired) electrons. The number of rotatable bonds is 9. The fraction of sp³-hybridized carbons (Fsp3) is 0.562. The molecular weight excluding hydrogens is 268 g/mol. The quantitative estimate of drug-likeness (QED) is 0.755. The summed E-state index contributed by atoms with van der Waals surface area (Å²) >= 11 is 0. The minimum atomic E-state index is 0.133. The van der Waals surface area contributed by atoms with Crippen molar-refractivity contribution in [3.05, 3.63) is 24.3 Å². The van der Waals surface area contributed by atoms with Gasteiger partial charge in [0, 0.05) is 13.5 Å². The Balaban J connectivity index is 2.25. The highest BCUT2D eigenvalue weighted by Crippen LogP contribution is 2.16. The summed E-state index contributed by atoms with van der Waals surface area (Å²) in [5.74, 6) is 2.09. The predicted molar refractivity (Wildman–Crippen MR) is 83.6 cm³/mol. The molecule has 118 valence electrons. The third-order valence-corrected chi connectivity index (χ3v) is 3.43. The van der Waals surface area contributed by atoms with Crippen LogP contribution in [0.25, 0.3) is 0 Å². The van der Waals surface area contributed by atoms with Crippen molar-refractivity contribution >= 4 is 5.91 Å². The standard InChI is InChI=1S/C16H26N2O3/c1-13(12-17)4-9-16(19)18(2)10-11-21-15-7-5-14(20-3)6-8-15/h5-8,13H,4,9-12,17H2,1-3H3. The lowest BCUT2D eigenvalue weighted by atomic mass is 10.1. The molecule has 1 atom stereocenters. The monoisotopic (exact) mass is 294 g/mol. The van der Waals surface area contributed by atoms with Crippen molar-refractivity contribution in [1.29, 1.82) is 0 Å². The summed E-state index contributed by atoms with van der Waals surface area (Å²) in [6, 6.07) is 7.39. The van der Waals surface area contributed by atoms with Gasteiger partial charge in [-0.2, -0.15) is 0 Å². The van der Waals surface area contributed by atoms with Crippen molar-refractivity contribution in [1.82, 2.24) is 4.90 Å². The van der Waals surface area contributed by atoms with E-state index in [0.717, 1.165) is 17.9 Å². The first-order valence-electron chi connectivity index (χ1n) is 7.27. The summed E-state index contributed by atoms with van der Waals surface area (Å²) in [7, 11) is 3.43. The number of amides is 1. The van der Waals surface area contributed by atoms with Crippen LogP contribution in [0.2, 0.25) is 0 Å². The van der Waals surface area contributed by atoms with Gasteiger partial charge in [-0.15, -0.1) is 0 Å². The first-order chi connectivity index (χ1) is 10.1. The van der Waals surface area contributed by atoms with Crippen molar-refractivity contribution < 1.29 is 14.3 Å². The molecule has 0 saturated heterocycles. The van der Waals surface area contributed by atoms with E-state index in [0.29, 0.717) is 32.0 Å². The summed E-state index contributed by atoms with van der Waals surface area (Å²) in [5.41, 5.74) is 5.55. The SMILES string of the molecule is COc1ccc(OCCN(C)C(=O)CCC(C)CN)cc1. The van der Waals surface area contributed by atoms with E-state index < -0.39 is 0 Å². The van der Waals surface area contributed by atoms with Crippen LogP contribution >= 0.6 is 0 Å². The number of hydrogen-bond acceptors (Lipinski definition) is 4. The minimum Gasteiger partial charge on any atom is -0.497 e. The number of ether oxygens (including phenoxy) is 2. The molecule has 0 bridgehead atoms. The van der Waals surface area contributed by atoms with Crippen molar-refractivity contribution in [2.45, 2.75) is 19.8 Å². The molecule has 0 spiro atoms. The van der Waals surface area contributed by atoms with Gasteiger partial charge in [0.2, 0.25) is 5.91 Å². The number of methoxy groups -OCH3 is 1. The zero-order valence-corrected chi connectivity index (χ0v) is 13.2. The van der Waals surface area contributed by atoms with Crippen molar-refractivity contribution in [3.63, 3.8) is 0 Å². The molecule has 1 aromatic rings. The molecule has 1 amide bonds. The van der Waals surface area contributed by atoms with Gasteiger partial charge >= 0.3 is 0 Å². The number of hydrogen-bond donors (Lipinski definition) is 1. The molecule has 0 saturated carbocycles. The van der Waals surface area contributed by atoms with E-state index in [1.54, 1.807) is 19.1 Å². The highest BCUT2D eigenvalue weighted by Gasteiger charge is 2.10. The fourth-order valence-electron chi connectivity index (χ4n) is 1.78. The van der Waals surface area contributed by atoms with Crippen molar-refractivity contribution in [3.8, 4) is 11.5 Å². The number of likely N-dealkylation sites (N-methyl/N-ethyl adjacent to an activating group) is 1. The Hall–Kier alpha value is -1.75. The first kappa shape index (κ1) is 17.3. The van der Waals surface area contributed by atoms with Gasteiger partial charge in [-0.05, 0) is 43.1 Å². The van der Waals surface area contributed by atoms with Gasteiger partial charge in [-0.1, -0.05) is 6.92 Å². The van der Waals surface area contributed by atoms with E-state index in [-0.39, 0.29) is 5.91 Å². The summed E-state index contributed by atoms with van der Waals surface area (Å²) in [6.07, 6.45) is 1.37. The van der Waals surface area contributed by atoms with Gasteiger partial charge in [0.05, 0.1) is 13.7 Å². The summed E-state index contributed by atoms with van der Waals surface area (Å²) in [4.78, 5) is 13.6. The number of benzene rings is 1. The normalized spacial score (nSPS) is 11.8. The van der Waals surface area contributed by atoms with Gasteiger partial charge in [0.25, 0.3) is 0 Å². The van der Waals surface area contributed by atoms with Crippen LogP contribution in [0.4, 0.5) is 0 Å². The zero-order valence-electron chi connectivity index (χ0n) is 13.2. The maximum Gasteiger partial charge on any atom is 0.222 e. The average Bonchev–Trinajstić information content (AvgIpc) is 2.52. The van der Waals surface area contributed by atoms with Crippen LogP contribution in [0.5, 0.6) is 11.5 Å². The number of carbonyl (C=O) groups is 1. The Kier molecular flexibility index (Phi) is 7.61. The van der Waals surface area contributed by atoms with Crippen LogP contribution in [0.1, 0.15) is 19.8 Å². The summed E-state index contributed by atoms with van der Waals surface area (Å²) in [5, 5.41) is 0. The molecule has 0 aromatic heterocycles. The highest BCUT2D eigenvalue weighted by atomic mass is 16.5. The van der Waals surface area contributed by atoms with Gasteiger partial charge in [-0.3, -0.25) is 4.79 Å². The molecule has 0 aliphatic rings. The van der Waals surface area contributed by atoms with Crippen LogP contribution < -0.4 is 15.2 Å². The summed E-state index contributed by atoms with van der Waals surface area (Å²) in [6.45, 7) is 3.72. The molecule has 2 N–H and O–H groups in total. The van der Waals surface area contributed by atoms with Gasteiger partial charge < -0.3 is 20.1 Å². The van der Waals surface area contributed by atoms with Crippen molar-refractivity contribution in [2.75, 3.05) is 33.9 Å². The molecular formula is C16H26N2O3. The lowest BCUT2D eigenvalue weighted by Crippen LogP contribution is -2.31. The van der Waals surface area contributed by atoms with E-state index in [2.05, 4.69) is 6.92 Å². The average molecular weight is 294 g/mol. The van der Waals surface area contributed by atoms with E-state index in [1.807, 2.05) is 24.3 Å². The molecule has 5 heteroatoms. The maximum atomic E-state index is 11.9. The Labute approximate surface area is 127 Å². The Morgan fingerprint density at radius 1 is 1.29 bits per heavy atom. The second-order valence-electron chi connectivity index (χ2n) is 5.22. The molecule has 21 heavy (non-hydrogen) atoms. The van der Waals surface area contributed by atoms with E-state index in [1.165, 1.54) is 0 Å². The van der Waals surface area contributed by atoms with Crippen LogP contribution in [0.15, 0.2) is 24.3 Å². The minimum absolute atomic E-state index is 0.133. The van der Waals surface area contributed by atoms with E-state index >= 15 is 0 Å². The molecule has 1 aromatic carbocycles. The first-order valence-corrected chi connectivity index (χ1v) is 7.27. The Morgan fingerprint density at radius 3 is 2.48 bits per heavy atom. The number of nitrogens with two attached hydrogens (primary N) is 1. The zero-order chi connectivity index (χ0) is 15.7. The molecule has 0 aliphatic carbocycles. The lowest BCUT2D eigenvalue weighted by molar-refractivity contribution is -0.130. The number of carbonyl (C=O) groups excluding carboxylic acids is 1. The summed E-state index contributed by atoms with van der Waals surface area (Å²) < 4.78 is 10.7. The topological polar surface area (TPSA) is 64.8 Å². The number of nitrogens with zero attached hydrogens (tertiary/aromatic N) is 1. The fourth-order valence-corrected chi connectivity index (χ4v) is 1.78. The van der Waals surface area contributed by atoms with Crippen LogP contribution in [0.3, 0.4) is 0 Å². The van der Waals surface area contributed by atoms with Gasteiger partial charge in [0.1, 0.15) is 18.1 Å². The Bertz CT molecular complexity index is 420. The lowest BCUT2D eigenvalue weighted by Gasteiger charge is -2.18. The molecule has 1 unspecified atom stereocenters. The molecule has 0 aliphatic heterocycles. The molecule has 5 nitrogen and oxygen atoms in total. The van der Waals surface area contributed by atoms with Crippen LogP contribution in [-0.4, -0.2) is 44.7 Å². The van der Waals surface area contributed by atoms with E-state index in [9.17, 15) is 4.79 Å². The maximum absolute atomic E-state index is 11.9. The molecule has 0 fully saturated rings. The second-order valence-corrected chi connectivity index (χ2v) is 5.22.